The van der Waals surface area contributed by atoms with Crippen molar-refractivity contribution >= 4 is 29.3 Å². The third-order valence-corrected chi connectivity index (χ3v) is 6.61. The van der Waals surface area contributed by atoms with Gasteiger partial charge in [0.2, 0.25) is 5.91 Å². The van der Waals surface area contributed by atoms with Gasteiger partial charge in [-0.3, -0.25) is 4.79 Å². The topological polar surface area (TPSA) is 118 Å². The van der Waals surface area contributed by atoms with Crippen LogP contribution < -0.4 is 10.6 Å². The summed E-state index contributed by atoms with van der Waals surface area (Å²) in [5, 5.41) is 16.6. The molecule has 4 rings (SSSR count). The summed E-state index contributed by atoms with van der Waals surface area (Å²) in [6.45, 7) is 2.09. The van der Waals surface area contributed by atoms with E-state index >= 15 is 0 Å². The van der Waals surface area contributed by atoms with Crippen LogP contribution in [0.15, 0.2) is 53.9 Å². The van der Waals surface area contributed by atoms with Gasteiger partial charge in [0.05, 0.1) is 18.7 Å². The molecule has 1 aliphatic carbocycles. The molecule has 3 aromatic rings. The predicted octanol–water partition coefficient (Wildman–Crippen LogP) is 3.70. The van der Waals surface area contributed by atoms with Crippen molar-refractivity contribution in [1.82, 2.24) is 15.6 Å². The highest BCUT2D eigenvalue weighted by Gasteiger charge is 2.29. The molecule has 176 valence electrons. The Morgan fingerprint density at radius 1 is 1.09 bits per heavy atom. The van der Waals surface area contributed by atoms with Crippen LogP contribution in [0.3, 0.4) is 0 Å². The van der Waals surface area contributed by atoms with E-state index in [1.807, 2.05) is 24.3 Å². The van der Waals surface area contributed by atoms with Crippen LogP contribution in [0.25, 0.3) is 11.1 Å². The number of amides is 2. The maximum absolute atomic E-state index is 12.3. The first-order valence-corrected chi connectivity index (χ1v) is 11.9. The van der Waals surface area contributed by atoms with Crippen molar-refractivity contribution in [2.24, 2.45) is 0 Å². The maximum atomic E-state index is 12.3. The summed E-state index contributed by atoms with van der Waals surface area (Å²) in [6.07, 6.45) is -0.262. The van der Waals surface area contributed by atoms with Gasteiger partial charge in [-0.15, -0.1) is 11.3 Å². The first-order valence-electron chi connectivity index (χ1n) is 11.0. The molecule has 1 aliphatic rings. The van der Waals surface area contributed by atoms with E-state index in [0.29, 0.717) is 17.1 Å². The molecule has 0 spiro atoms. The SMILES string of the molecule is CC[C@H](NC(=O)Cc1csc(CNC(=O)OCC2c3ccccc3-c3ccccc32)n1)C(=O)O. The van der Waals surface area contributed by atoms with Crippen LogP contribution >= 0.6 is 11.3 Å². The molecule has 9 heteroatoms. The minimum Gasteiger partial charge on any atom is -0.480 e. The van der Waals surface area contributed by atoms with Crippen LogP contribution in [-0.4, -0.2) is 40.7 Å². The molecule has 1 heterocycles. The van der Waals surface area contributed by atoms with Crippen molar-refractivity contribution in [2.75, 3.05) is 6.61 Å². The largest absolute Gasteiger partial charge is 0.480 e. The lowest BCUT2D eigenvalue weighted by atomic mass is 9.98. The Morgan fingerprint density at radius 3 is 2.35 bits per heavy atom. The molecular formula is C25H25N3O5S. The smallest absolute Gasteiger partial charge is 0.407 e. The average molecular weight is 480 g/mol. The number of thiazole rings is 1. The Bertz CT molecular complexity index is 1160. The fourth-order valence-electron chi connectivity index (χ4n) is 4.06. The van der Waals surface area contributed by atoms with Gasteiger partial charge < -0.3 is 20.5 Å². The molecule has 34 heavy (non-hydrogen) atoms. The molecular weight excluding hydrogens is 454 g/mol. The number of aliphatic carboxylic acids is 1. The van der Waals surface area contributed by atoms with Gasteiger partial charge in [-0.05, 0) is 28.7 Å². The lowest BCUT2D eigenvalue weighted by molar-refractivity contribution is -0.141. The normalized spacial score (nSPS) is 13.0. The molecule has 0 saturated heterocycles. The second-order valence-corrected chi connectivity index (χ2v) is 8.90. The number of hydrogen-bond donors (Lipinski definition) is 3. The van der Waals surface area contributed by atoms with E-state index in [0.717, 1.165) is 11.1 Å². The van der Waals surface area contributed by atoms with Crippen molar-refractivity contribution in [1.29, 1.82) is 0 Å². The van der Waals surface area contributed by atoms with Gasteiger partial charge in [0.25, 0.3) is 0 Å². The molecule has 8 nitrogen and oxygen atoms in total. The minimum absolute atomic E-state index is 0.0131. The highest BCUT2D eigenvalue weighted by atomic mass is 32.1. The molecule has 2 amide bonds. The van der Waals surface area contributed by atoms with Crippen LogP contribution in [-0.2, 0) is 27.3 Å². The molecule has 0 radical (unpaired) electrons. The standard InChI is InChI=1S/C25H25N3O5S/c1-2-21(24(30)31)28-22(29)11-15-14-34-23(27-15)12-26-25(32)33-13-20-18-9-5-3-7-16(18)17-8-4-6-10-19(17)20/h3-10,14,20-21H,2,11-13H2,1H3,(H,26,32)(H,28,29)(H,30,31)/t21-/m0/s1. The fraction of sp³-hybridized carbons (Fsp3) is 0.280. The van der Waals surface area contributed by atoms with Crippen molar-refractivity contribution in [3.05, 3.63) is 75.7 Å². The highest BCUT2D eigenvalue weighted by Crippen LogP contribution is 2.44. The highest BCUT2D eigenvalue weighted by molar-refractivity contribution is 7.09. The van der Waals surface area contributed by atoms with E-state index in [2.05, 4.69) is 39.9 Å². The lowest BCUT2D eigenvalue weighted by Crippen LogP contribution is -2.41. The zero-order valence-corrected chi connectivity index (χ0v) is 19.4. The molecule has 1 aromatic heterocycles. The lowest BCUT2D eigenvalue weighted by Gasteiger charge is -2.14. The maximum Gasteiger partial charge on any atom is 0.407 e. The van der Waals surface area contributed by atoms with E-state index in [1.54, 1.807) is 12.3 Å². The number of carboxylic acids is 1. The Morgan fingerprint density at radius 2 is 1.74 bits per heavy atom. The Kier molecular flexibility index (Phi) is 7.22. The second-order valence-electron chi connectivity index (χ2n) is 7.96. The van der Waals surface area contributed by atoms with Gasteiger partial charge in [-0.25, -0.2) is 14.6 Å². The first-order chi connectivity index (χ1) is 16.5. The number of rotatable bonds is 9. The fourth-order valence-corrected chi connectivity index (χ4v) is 4.79. The monoisotopic (exact) mass is 479 g/mol. The first kappa shape index (κ1) is 23.4. The number of aromatic nitrogens is 1. The van der Waals surface area contributed by atoms with Gasteiger partial charge >= 0.3 is 12.1 Å². The van der Waals surface area contributed by atoms with Crippen LogP contribution in [0, 0.1) is 0 Å². The van der Waals surface area contributed by atoms with Crippen LogP contribution in [0.1, 0.15) is 41.1 Å². The molecule has 2 aromatic carbocycles. The van der Waals surface area contributed by atoms with Gasteiger partial charge in [0.15, 0.2) is 0 Å². The van der Waals surface area contributed by atoms with E-state index in [-0.39, 0.29) is 25.5 Å². The molecule has 0 bridgehead atoms. The Hall–Kier alpha value is -3.72. The van der Waals surface area contributed by atoms with Gasteiger partial charge in [0, 0.05) is 11.3 Å². The number of nitrogens with one attached hydrogen (secondary N) is 2. The van der Waals surface area contributed by atoms with E-state index in [1.165, 1.54) is 22.5 Å². The Balaban J connectivity index is 1.27. The van der Waals surface area contributed by atoms with E-state index < -0.39 is 24.0 Å². The van der Waals surface area contributed by atoms with Gasteiger partial charge in [-0.2, -0.15) is 0 Å². The van der Waals surface area contributed by atoms with E-state index in [4.69, 9.17) is 9.84 Å². The van der Waals surface area contributed by atoms with Gasteiger partial charge in [0.1, 0.15) is 17.7 Å². The van der Waals surface area contributed by atoms with Crippen molar-refractivity contribution in [3.8, 4) is 11.1 Å². The summed E-state index contributed by atoms with van der Waals surface area (Å²) in [6, 6.07) is 15.4. The predicted molar refractivity (Wildman–Crippen MR) is 128 cm³/mol. The zero-order chi connectivity index (χ0) is 24.1. The number of fused-ring (bicyclic) bond motifs is 3. The third-order valence-electron chi connectivity index (χ3n) is 5.71. The molecule has 0 aliphatic heterocycles. The number of nitrogens with zero attached hydrogens (tertiary/aromatic N) is 1. The summed E-state index contributed by atoms with van der Waals surface area (Å²) < 4.78 is 5.52. The zero-order valence-electron chi connectivity index (χ0n) is 18.6. The second kappa shape index (κ2) is 10.5. The molecule has 0 fully saturated rings. The van der Waals surface area contributed by atoms with Crippen LogP contribution in [0.4, 0.5) is 4.79 Å². The molecule has 1 atom stereocenters. The number of hydrogen-bond acceptors (Lipinski definition) is 6. The van der Waals surface area contributed by atoms with Crippen molar-refractivity contribution in [3.63, 3.8) is 0 Å². The summed E-state index contributed by atoms with van der Waals surface area (Å²) >= 11 is 1.31. The van der Waals surface area contributed by atoms with E-state index in [9.17, 15) is 14.4 Å². The number of carbonyl (C=O) groups is 3. The number of alkyl carbamates (subject to hydrolysis) is 1. The summed E-state index contributed by atoms with van der Waals surface area (Å²) in [4.78, 5) is 39.8. The Labute approximate surface area is 201 Å². The number of ether oxygens (including phenoxy) is 1. The molecule has 0 saturated carbocycles. The quantitative estimate of drug-likeness (QED) is 0.431. The van der Waals surface area contributed by atoms with Crippen molar-refractivity contribution in [2.45, 2.75) is 38.3 Å². The average Bonchev–Trinajstić information content (AvgIpc) is 3.41. The third kappa shape index (κ3) is 5.26. The number of carboxylic acid groups (broad SMARTS) is 1. The minimum atomic E-state index is -1.07. The number of benzene rings is 2. The van der Waals surface area contributed by atoms with Gasteiger partial charge in [-0.1, -0.05) is 55.5 Å². The van der Waals surface area contributed by atoms with Crippen LogP contribution in [0.2, 0.25) is 0 Å². The molecule has 3 N–H and O–H groups in total. The summed E-state index contributed by atoms with van der Waals surface area (Å²) in [5.41, 5.74) is 5.15. The van der Waals surface area contributed by atoms with Crippen LogP contribution in [0.5, 0.6) is 0 Å². The van der Waals surface area contributed by atoms with Crippen molar-refractivity contribution < 1.29 is 24.2 Å². The summed E-state index contributed by atoms with van der Waals surface area (Å²) in [5.74, 6) is -1.49. The summed E-state index contributed by atoms with van der Waals surface area (Å²) in [7, 11) is 0. The number of carbonyl (C=O) groups excluding carboxylic acids is 2. The molecule has 0 unspecified atom stereocenters.